The van der Waals surface area contributed by atoms with E-state index in [0.717, 1.165) is 127 Å². The second-order valence-electron chi connectivity index (χ2n) is 30.0. The molecule has 18 aromatic carbocycles. The summed E-state index contributed by atoms with van der Waals surface area (Å²) in [6.07, 6.45) is -11.8. The number of rotatable bonds is 26. The summed E-state index contributed by atoms with van der Waals surface area (Å²) < 4.78 is 99.3. The van der Waals surface area contributed by atoms with Gasteiger partial charge in [0.1, 0.15) is 0 Å². The Balaban J connectivity index is 0.677. The molecule has 18 aromatic rings. The first-order valence-corrected chi connectivity index (χ1v) is 41.2. The summed E-state index contributed by atoms with van der Waals surface area (Å²) >= 11 is 0. The van der Waals surface area contributed by atoms with E-state index in [4.69, 9.17) is 0 Å². The van der Waals surface area contributed by atoms with Crippen molar-refractivity contribution < 1.29 is 26.3 Å². The van der Waals surface area contributed by atoms with Crippen molar-refractivity contribution >= 4 is 136 Å². The van der Waals surface area contributed by atoms with Crippen LogP contribution >= 0.6 is 0 Å². The monoisotopic (exact) mass is 1640 g/mol. The molecule has 0 spiro atoms. The summed E-state index contributed by atoms with van der Waals surface area (Å²) in [5, 5.41) is 0. The van der Waals surface area contributed by atoms with Crippen molar-refractivity contribution in [2.75, 3.05) is 39.2 Å². The van der Waals surface area contributed by atoms with Crippen molar-refractivity contribution in [3.05, 3.63) is 509 Å². The van der Waals surface area contributed by atoms with E-state index in [1.165, 1.54) is 24.3 Å². The molecule has 0 aromatic heterocycles. The van der Waals surface area contributed by atoms with E-state index in [-0.39, 0.29) is 0 Å². The van der Waals surface area contributed by atoms with Gasteiger partial charge in [0, 0.05) is 136 Å². The van der Waals surface area contributed by atoms with Crippen molar-refractivity contribution in [3.8, 4) is 0 Å². The Bertz CT molecular complexity index is 5670. The Hall–Kier alpha value is -16.1. The van der Waals surface area contributed by atoms with Crippen molar-refractivity contribution in [1.82, 2.24) is 0 Å². The molecule has 0 fully saturated rings. The summed E-state index contributed by atoms with van der Waals surface area (Å²) in [4.78, 5) is 16.7. The smallest absolute Gasteiger partial charge is 0.311 e. The summed E-state index contributed by atoms with van der Waals surface area (Å²) in [7, 11) is 0. The van der Waals surface area contributed by atoms with Crippen LogP contribution in [0.4, 0.5) is 163 Å². The molecular weight excluding hydrogens is 1560 g/mol. The molecule has 0 saturated carbocycles. The third-order valence-corrected chi connectivity index (χ3v) is 22.3. The van der Waals surface area contributed by atoms with Gasteiger partial charge in [-0.2, -0.15) is 26.3 Å². The van der Waals surface area contributed by atoms with Gasteiger partial charge in [-0.3, -0.25) is 0 Å². The number of anilines is 24. The first-order chi connectivity index (χ1) is 61.3. The summed E-state index contributed by atoms with van der Waals surface area (Å²) in [6, 6.07) is 158. The number of hydrogen-bond donors (Lipinski definition) is 0. The molecule has 0 unspecified atom stereocenters. The van der Waals surface area contributed by atoms with Gasteiger partial charge >= 0.3 is 12.4 Å². The maximum atomic E-state index is 16.5. The average molecular weight is 1640 g/mol. The summed E-state index contributed by atoms with van der Waals surface area (Å²) in [5.41, 5.74) is 13.0. The highest BCUT2D eigenvalue weighted by atomic mass is 19.4. The van der Waals surface area contributed by atoms with Gasteiger partial charge in [0.2, 0.25) is 5.41 Å². The van der Waals surface area contributed by atoms with Gasteiger partial charge in [-0.15, -0.1) is 0 Å². The minimum Gasteiger partial charge on any atom is -0.311 e. The van der Waals surface area contributed by atoms with Crippen molar-refractivity contribution in [1.29, 1.82) is 0 Å². The average Bonchev–Trinajstić information content (AvgIpc) is 0.712. The number of benzene rings is 18. The maximum Gasteiger partial charge on any atom is 0.411 e. The van der Waals surface area contributed by atoms with Crippen molar-refractivity contribution in [2.24, 2.45) is 0 Å². The molecule has 0 aliphatic carbocycles. The van der Waals surface area contributed by atoms with Gasteiger partial charge in [0.05, 0.1) is 0 Å². The fraction of sp³-hybridized carbons (Fsp3) is 0.0270. The maximum absolute atomic E-state index is 16.5. The molecule has 0 N–H and O–H groups in total. The van der Waals surface area contributed by atoms with Crippen LogP contribution in [0.5, 0.6) is 0 Å². The van der Waals surface area contributed by atoms with E-state index >= 15 is 26.3 Å². The van der Waals surface area contributed by atoms with E-state index in [1.807, 2.05) is 265 Å². The Kier molecular flexibility index (Phi) is 22.9. The minimum absolute atomic E-state index is 0.318. The molecular formula is C111H82F6N8. The summed E-state index contributed by atoms with van der Waals surface area (Å²) in [6.45, 7) is 0. The Labute approximate surface area is 724 Å². The molecule has 0 aliphatic heterocycles. The van der Waals surface area contributed by atoms with Crippen LogP contribution in [0.25, 0.3) is 0 Å². The van der Waals surface area contributed by atoms with Crippen LogP contribution in [0.3, 0.4) is 0 Å². The van der Waals surface area contributed by atoms with Gasteiger partial charge in [-0.25, -0.2) is 0 Å². The third kappa shape index (κ3) is 16.6. The second-order valence-corrected chi connectivity index (χ2v) is 30.0. The van der Waals surface area contributed by atoms with E-state index in [0.29, 0.717) is 34.1 Å². The lowest BCUT2D eigenvalue weighted by Gasteiger charge is -2.39. The van der Waals surface area contributed by atoms with E-state index in [9.17, 15) is 0 Å². The molecule has 0 radical (unpaired) electrons. The predicted octanol–water partition coefficient (Wildman–Crippen LogP) is 32.9. The Morgan fingerprint density at radius 1 is 0.104 bits per heavy atom. The number of hydrogen-bond acceptors (Lipinski definition) is 8. The van der Waals surface area contributed by atoms with Crippen molar-refractivity contribution in [2.45, 2.75) is 17.8 Å². The SMILES string of the molecule is FC(F)(F)C(c1ccc(N(c2ccccc2)c2ccc(N(c3ccc(N(c4ccccc4)c4ccccc4)cc3)c3ccc(N(c4ccccc4)c4ccccc4)cc3)cc2)cc1)(c1ccc(N(c2ccccc2)c2ccc(N(c3ccc(N(c4ccccc4)c4ccccc4)cc3)c3ccc(N(c4ccccc4)c4ccccc4)cc3)cc2)cc1)C(F)(F)F. The molecule has 18 rings (SSSR count). The third-order valence-electron chi connectivity index (χ3n) is 22.3. The van der Waals surface area contributed by atoms with Crippen LogP contribution in [0, 0.1) is 0 Å². The summed E-state index contributed by atoms with van der Waals surface area (Å²) in [5.74, 6) is 0. The number of para-hydroxylation sites is 10. The van der Waals surface area contributed by atoms with Gasteiger partial charge in [0.25, 0.3) is 0 Å². The molecule has 0 amide bonds. The molecule has 608 valence electrons. The molecule has 0 atom stereocenters. The van der Waals surface area contributed by atoms with Gasteiger partial charge < -0.3 is 39.2 Å². The normalized spacial score (nSPS) is 11.4. The topological polar surface area (TPSA) is 25.9 Å². The molecule has 125 heavy (non-hydrogen) atoms. The zero-order valence-electron chi connectivity index (χ0n) is 67.7. The van der Waals surface area contributed by atoms with Crippen molar-refractivity contribution in [3.63, 3.8) is 0 Å². The lowest BCUT2D eigenvalue weighted by molar-refractivity contribution is -0.288. The number of alkyl halides is 6. The fourth-order valence-electron chi connectivity index (χ4n) is 16.6. The van der Waals surface area contributed by atoms with Crippen LogP contribution < -0.4 is 39.2 Å². The largest absolute Gasteiger partial charge is 0.411 e. The quantitative estimate of drug-likeness (QED) is 0.0495. The molecule has 0 heterocycles. The molecule has 0 saturated heterocycles. The zero-order valence-corrected chi connectivity index (χ0v) is 67.7. The molecule has 8 nitrogen and oxygen atoms in total. The standard InChI is InChI=1S/C111H82F6N8/c112-110(113,114)109(111(115,116)117,83-51-55-95(56-52-83)122(93-47-27-9-28-48-93)101-67-79-107(80-68-101)124(103-71-59-97(60-72-103)118(85-31-11-1-12-32-85)86-33-13-2-14-34-86)104-73-61-98(62-74-104)119(87-35-15-3-16-36-87)88-37-17-4-18-38-88)84-53-57-96(58-54-84)123(94-49-29-10-30-50-94)102-69-81-108(82-70-102)125(105-75-63-99(64-76-105)120(89-39-19-5-20-40-89)90-41-21-6-22-42-90)106-77-65-100(66-78-106)121(91-43-23-7-24-44-91)92-45-25-8-26-46-92/h1-82H. The highest BCUT2D eigenvalue weighted by Gasteiger charge is 2.72. The zero-order chi connectivity index (χ0) is 85.1. The Morgan fingerprint density at radius 2 is 0.184 bits per heavy atom. The first-order valence-electron chi connectivity index (χ1n) is 41.2. The van der Waals surface area contributed by atoms with Crippen LogP contribution in [-0.4, -0.2) is 12.4 Å². The molecule has 0 bridgehead atoms. The Morgan fingerprint density at radius 3 is 0.272 bits per heavy atom. The van der Waals surface area contributed by atoms with E-state index in [1.54, 1.807) is 0 Å². The van der Waals surface area contributed by atoms with Gasteiger partial charge in [-0.05, 0) is 302 Å². The van der Waals surface area contributed by atoms with Crippen LogP contribution in [0.15, 0.2) is 497 Å². The molecule has 0 aliphatic rings. The number of halogens is 6. The van der Waals surface area contributed by atoms with E-state index in [2.05, 4.69) is 224 Å². The van der Waals surface area contributed by atoms with Crippen LogP contribution in [0.1, 0.15) is 11.1 Å². The van der Waals surface area contributed by atoms with Gasteiger partial charge in [0.15, 0.2) is 0 Å². The first kappa shape index (κ1) is 80.0. The van der Waals surface area contributed by atoms with Crippen LogP contribution in [0.2, 0.25) is 0 Å². The molecule has 14 heteroatoms. The highest BCUT2D eigenvalue weighted by Crippen LogP contribution is 2.58. The second kappa shape index (κ2) is 35.7. The predicted molar refractivity (Wildman–Crippen MR) is 503 cm³/mol. The van der Waals surface area contributed by atoms with E-state index < -0.39 is 28.9 Å². The number of nitrogens with zero attached hydrogens (tertiary/aromatic N) is 8. The van der Waals surface area contributed by atoms with Gasteiger partial charge in [-0.1, -0.05) is 206 Å². The lowest BCUT2D eigenvalue weighted by Crippen LogP contribution is -2.54. The highest BCUT2D eigenvalue weighted by molar-refractivity contribution is 5.89. The fourth-order valence-corrected chi connectivity index (χ4v) is 16.6. The minimum atomic E-state index is -5.89. The lowest BCUT2D eigenvalue weighted by atomic mass is 9.72. The van der Waals surface area contributed by atoms with Crippen LogP contribution in [-0.2, 0) is 5.41 Å².